The van der Waals surface area contributed by atoms with Crippen LogP contribution in [0.1, 0.15) is 87.0 Å². The second-order valence-electron chi connectivity index (χ2n) is 15.7. The van der Waals surface area contributed by atoms with Crippen LogP contribution in [0.2, 0.25) is 5.04 Å². The van der Waals surface area contributed by atoms with E-state index in [-0.39, 0.29) is 47.2 Å². The van der Waals surface area contributed by atoms with Crippen molar-refractivity contribution >= 4 is 30.4 Å². The molecule has 0 aliphatic heterocycles. The summed E-state index contributed by atoms with van der Waals surface area (Å²) in [5.74, 6) is -0.566. The van der Waals surface area contributed by atoms with Gasteiger partial charge in [0, 0.05) is 23.2 Å². The number of ketones is 1. The molecule has 246 valence electrons. The Morgan fingerprint density at radius 2 is 1.58 bits per heavy atom. The highest BCUT2D eigenvalue weighted by Gasteiger charge is 2.69. The highest BCUT2D eigenvalue weighted by atomic mass is 28.4. The summed E-state index contributed by atoms with van der Waals surface area (Å²) in [6, 6.07) is 20.4. The van der Waals surface area contributed by atoms with Crippen molar-refractivity contribution in [3.8, 4) is 0 Å². The van der Waals surface area contributed by atoms with Crippen molar-refractivity contribution in [2.24, 2.45) is 34.0 Å². The van der Waals surface area contributed by atoms with Crippen molar-refractivity contribution < 1.29 is 29.0 Å². The summed E-state index contributed by atoms with van der Waals surface area (Å²) in [5, 5.41) is 24.7. The van der Waals surface area contributed by atoms with Crippen LogP contribution in [0.5, 0.6) is 0 Å². The minimum Gasteiger partial charge on any atom is -0.460 e. The van der Waals surface area contributed by atoms with Crippen LogP contribution in [0.15, 0.2) is 60.7 Å². The van der Waals surface area contributed by atoms with Gasteiger partial charge in [-0.15, -0.1) is 0 Å². The van der Waals surface area contributed by atoms with Crippen molar-refractivity contribution in [2.75, 3.05) is 13.2 Å². The maximum atomic E-state index is 14.1. The molecular formula is C38H54O6Si. The van der Waals surface area contributed by atoms with Gasteiger partial charge in [0.25, 0.3) is 8.32 Å². The third-order valence-corrected chi connectivity index (χ3v) is 17.9. The van der Waals surface area contributed by atoms with Crippen LogP contribution in [-0.2, 0) is 18.8 Å². The van der Waals surface area contributed by atoms with Crippen LogP contribution in [0, 0.1) is 34.0 Å². The van der Waals surface area contributed by atoms with Crippen molar-refractivity contribution in [3.63, 3.8) is 0 Å². The largest absolute Gasteiger partial charge is 0.460 e. The molecule has 0 heterocycles. The van der Waals surface area contributed by atoms with Crippen molar-refractivity contribution in [1.82, 2.24) is 0 Å². The number of ether oxygens (including phenoxy) is 1. The average molecular weight is 635 g/mol. The fourth-order valence-corrected chi connectivity index (χ4v) is 14.5. The third-order valence-electron chi connectivity index (χ3n) is 12.9. The summed E-state index contributed by atoms with van der Waals surface area (Å²) in [4.78, 5) is 27.9. The van der Waals surface area contributed by atoms with Crippen LogP contribution in [-0.4, -0.2) is 55.7 Å². The first-order valence-corrected chi connectivity index (χ1v) is 18.9. The number of carbonyl (C=O) groups is 2. The number of carbonyl (C=O) groups excluding carboxylic acids is 2. The fraction of sp³-hybridized carbons (Fsp3) is 0.632. The lowest BCUT2D eigenvalue weighted by Gasteiger charge is -2.62. The maximum Gasteiger partial charge on any atom is 0.331 e. The molecule has 45 heavy (non-hydrogen) atoms. The van der Waals surface area contributed by atoms with E-state index in [1.807, 2.05) is 43.3 Å². The first kappa shape index (κ1) is 34.0. The van der Waals surface area contributed by atoms with Gasteiger partial charge in [0.2, 0.25) is 0 Å². The summed E-state index contributed by atoms with van der Waals surface area (Å²) in [6.07, 6.45) is 2.37. The molecule has 5 rings (SSSR count). The van der Waals surface area contributed by atoms with E-state index >= 15 is 0 Å². The highest BCUT2D eigenvalue weighted by molar-refractivity contribution is 6.99. The van der Waals surface area contributed by atoms with Gasteiger partial charge < -0.3 is 19.4 Å². The molecule has 0 saturated heterocycles. The Morgan fingerprint density at radius 3 is 2.09 bits per heavy atom. The molecule has 3 fully saturated rings. The smallest absolute Gasteiger partial charge is 0.331 e. The minimum absolute atomic E-state index is 0.128. The first-order chi connectivity index (χ1) is 21.2. The highest BCUT2D eigenvalue weighted by Crippen LogP contribution is 2.68. The molecule has 3 aliphatic carbocycles. The number of aliphatic hydroxyl groups excluding tert-OH is 2. The lowest BCUT2D eigenvalue weighted by molar-refractivity contribution is -0.219. The molecule has 1 unspecified atom stereocenters. The van der Waals surface area contributed by atoms with Gasteiger partial charge in [-0.1, -0.05) is 109 Å². The zero-order valence-corrected chi connectivity index (χ0v) is 29.3. The molecule has 0 aromatic heterocycles. The van der Waals surface area contributed by atoms with Crippen molar-refractivity contribution in [3.05, 3.63) is 60.7 Å². The molecule has 3 aliphatic rings. The van der Waals surface area contributed by atoms with Crippen molar-refractivity contribution in [2.45, 2.75) is 104 Å². The molecular weight excluding hydrogens is 580 g/mol. The predicted octanol–water partition coefficient (Wildman–Crippen LogP) is 5.67. The Labute approximate surface area is 271 Å². The number of hydrogen-bond donors (Lipinski definition) is 2. The van der Waals surface area contributed by atoms with E-state index in [0.717, 1.165) is 29.6 Å². The Balaban J connectivity index is 1.54. The van der Waals surface area contributed by atoms with Crippen LogP contribution >= 0.6 is 0 Å². The molecule has 2 N–H and O–H groups in total. The van der Waals surface area contributed by atoms with Gasteiger partial charge in [0.05, 0.1) is 12.7 Å². The standard InChI is InChI=1S/C38H54O6Si/c1-8-37(25-39)23-31(36(7)26(2)19-21-38(27(3)34(37)42)22-20-30(40)33(36)38)44-32(41)24-43-45(35(4,5)6,28-15-11-9-12-16-28)29-17-13-10-14-18-29/h9-18,26-27,31,33-34,39,42H,8,19-25H2,1-7H3/t26-,27+,31-,33?,34+,36+,37-,38+/m1/s1. The van der Waals surface area contributed by atoms with Crippen LogP contribution in [0.4, 0.5) is 0 Å². The normalized spacial score (nSPS) is 35.3. The Bertz CT molecular complexity index is 1310. The quantitative estimate of drug-likeness (QED) is 0.287. The van der Waals surface area contributed by atoms with Gasteiger partial charge in [-0.3, -0.25) is 4.79 Å². The van der Waals surface area contributed by atoms with Gasteiger partial charge in [0.1, 0.15) is 18.5 Å². The molecule has 7 heteroatoms. The number of Topliss-reactive ketones (excluding diaryl/α,β-unsaturated/α-hetero) is 1. The lowest BCUT2D eigenvalue weighted by atomic mass is 9.43. The summed E-state index contributed by atoms with van der Waals surface area (Å²) in [6.45, 7) is 14.5. The lowest BCUT2D eigenvalue weighted by Crippen LogP contribution is -2.67. The molecule has 2 aromatic rings. The van der Waals surface area contributed by atoms with Crippen LogP contribution < -0.4 is 10.4 Å². The number of rotatable bonds is 8. The molecule has 6 nitrogen and oxygen atoms in total. The van der Waals surface area contributed by atoms with Crippen LogP contribution in [0.3, 0.4) is 0 Å². The molecule has 0 spiro atoms. The van der Waals surface area contributed by atoms with E-state index in [4.69, 9.17) is 9.16 Å². The molecule has 3 saturated carbocycles. The van der Waals surface area contributed by atoms with E-state index in [1.165, 1.54) is 0 Å². The van der Waals surface area contributed by atoms with Gasteiger partial charge in [-0.05, 0) is 64.8 Å². The Morgan fingerprint density at radius 1 is 1.00 bits per heavy atom. The summed E-state index contributed by atoms with van der Waals surface area (Å²) in [5.41, 5.74) is -1.84. The summed E-state index contributed by atoms with van der Waals surface area (Å²) in [7, 11) is -2.98. The Hall–Kier alpha value is -2.32. The number of hydrogen-bond acceptors (Lipinski definition) is 6. The topological polar surface area (TPSA) is 93.1 Å². The predicted molar refractivity (Wildman–Crippen MR) is 180 cm³/mol. The van der Waals surface area contributed by atoms with Gasteiger partial charge in [-0.2, -0.15) is 0 Å². The Kier molecular flexibility index (Phi) is 9.35. The summed E-state index contributed by atoms with van der Waals surface area (Å²) < 4.78 is 13.5. The SMILES string of the molecule is CC[C@]1(CO)C[C@@H](OC(=O)CO[Si](c2ccccc2)(c2ccccc2)C(C)(C)C)[C@@]2(C)C3C(=O)CC[C@@]3(CC[C@H]2C)[C@@H](C)[C@@H]1O. The monoisotopic (exact) mass is 634 g/mol. The minimum atomic E-state index is -2.98. The maximum absolute atomic E-state index is 14.1. The number of benzene rings is 2. The average Bonchev–Trinajstić information content (AvgIpc) is 3.38. The molecule has 0 radical (unpaired) electrons. The number of aliphatic hydroxyl groups is 2. The first-order valence-electron chi connectivity index (χ1n) is 17.0. The van der Waals surface area contributed by atoms with E-state index in [2.05, 4.69) is 65.8 Å². The van der Waals surface area contributed by atoms with Gasteiger partial charge >= 0.3 is 5.97 Å². The van der Waals surface area contributed by atoms with Gasteiger partial charge in [-0.25, -0.2) is 4.79 Å². The molecule has 2 aromatic carbocycles. The fourth-order valence-electron chi connectivity index (χ4n) is 9.97. The molecule has 2 bridgehead atoms. The second kappa shape index (κ2) is 12.4. The molecule has 8 atom stereocenters. The van der Waals surface area contributed by atoms with E-state index in [0.29, 0.717) is 19.3 Å². The third kappa shape index (κ3) is 5.26. The van der Waals surface area contributed by atoms with Gasteiger partial charge in [0.15, 0.2) is 0 Å². The summed E-state index contributed by atoms with van der Waals surface area (Å²) >= 11 is 0. The van der Waals surface area contributed by atoms with Crippen molar-refractivity contribution in [1.29, 1.82) is 0 Å². The number of esters is 1. The zero-order chi connectivity index (χ0) is 32.8. The van der Waals surface area contributed by atoms with E-state index in [9.17, 15) is 19.8 Å². The van der Waals surface area contributed by atoms with E-state index < -0.39 is 37.3 Å². The second-order valence-corrected chi connectivity index (χ2v) is 20.0. The zero-order valence-electron chi connectivity index (χ0n) is 28.3. The van der Waals surface area contributed by atoms with Crippen LogP contribution in [0.25, 0.3) is 0 Å². The molecule has 0 amide bonds. The van der Waals surface area contributed by atoms with E-state index in [1.54, 1.807) is 0 Å².